The molecule has 1 saturated heterocycles. The Hall–Kier alpha value is -2.56. The predicted octanol–water partition coefficient (Wildman–Crippen LogP) is 2.94. The molecule has 0 bridgehead atoms. The Morgan fingerprint density at radius 1 is 1.16 bits per heavy atom. The average Bonchev–Trinajstić information content (AvgIpc) is 3.20. The highest BCUT2D eigenvalue weighted by molar-refractivity contribution is 5.98. The number of nitrogens with zero attached hydrogens (tertiary/aromatic N) is 3. The molecule has 0 atom stereocenters. The number of pyridine rings is 1. The Labute approximate surface area is 149 Å². The van der Waals surface area contributed by atoms with Gasteiger partial charge in [-0.15, -0.1) is 0 Å². The topological polar surface area (TPSA) is 48.5 Å². The normalized spacial score (nSPS) is 13.7. The maximum atomic E-state index is 12.5. The van der Waals surface area contributed by atoms with E-state index in [1.807, 2.05) is 30.3 Å². The Bertz CT molecular complexity index is 683. The summed E-state index contributed by atoms with van der Waals surface area (Å²) in [5.41, 5.74) is 1.87. The van der Waals surface area contributed by atoms with Gasteiger partial charge in [0.05, 0.1) is 5.56 Å². The molecule has 5 nitrogen and oxygen atoms in total. The van der Waals surface area contributed by atoms with Crippen LogP contribution in [0.5, 0.6) is 0 Å². The maximum absolute atomic E-state index is 12.5. The second-order valence-electron chi connectivity index (χ2n) is 6.44. The smallest absolute Gasteiger partial charge is 0.255 e. The van der Waals surface area contributed by atoms with Crippen molar-refractivity contribution < 1.29 is 4.79 Å². The molecule has 0 radical (unpaired) electrons. The number of carbonyl (C=O) groups excluding carboxylic acids is 1. The third kappa shape index (κ3) is 4.50. The lowest BCUT2D eigenvalue weighted by Crippen LogP contribution is -2.30. The van der Waals surface area contributed by atoms with Crippen LogP contribution in [0.1, 0.15) is 29.6 Å². The van der Waals surface area contributed by atoms with E-state index in [0.717, 1.165) is 31.9 Å². The van der Waals surface area contributed by atoms with Gasteiger partial charge in [0.1, 0.15) is 5.82 Å². The number of hydrogen-bond donors (Lipinski definition) is 1. The number of rotatable bonds is 7. The fraction of sp³-hybridized carbons (Fsp3) is 0.400. The van der Waals surface area contributed by atoms with E-state index < -0.39 is 0 Å². The summed E-state index contributed by atoms with van der Waals surface area (Å²) in [5, 5.41) is 3.04. The molecule has 0 spiro atoms. The molecule has 1 N–H and O–H groups in total. The average molecular weight is 338 g/mol. The van der Waals surface area contributed by atoms with E-state index in [9.17, 15) is 4.79 Å². The number of anilines is 2. The molecule has 1 aromatic heterocycles. The molecule has 5 heteroatoms. The second-order valence-corrected chi connectivity index (χ2v) is 6.44. The summed E-state index contributed by atoms with van der Waals surface area (Å²) in [5.74, 6) is 0.788. The third-order valence-corrected chi connectivity index (χ3v) is 4.59. The molecule has 1 aromatic carbocycles. The van der Waals surface area contributed by atoms with Crippen molar-refractivity contribution in [2.75, 3.05) is 43.0 Å². The molecule has 1 aliphatic rings. The number of aromatic nitrogens is 1. The van der Waals surface area contributed by atoms with Crippen LogP contribution in [0.3, 0.4) is 0 Å². The van der Waals surface area contributed by atoms with Crippen molar-refractivity contribution in [3.63, 3.8) is 0 Å². The van der Waals surface area contributed by atoms with E-state index in [2.05, 4.69) is 39.3 Å². The summed E-state index contributed by atoms with van der Waals surface area (Å²) in [6.07, 6.45) is 5.00. The Morgan fingerprint density at radius 3 is 2.68 bits per heavy atom. The monoisotopic (exact) mass is 338 g/mol. The van der Waals surface area contributed by atoms with Crippen molar-refractivity contribution in [2.45, 2.75) is 19.3 Å². The quantitative estimate of drug-likeness (QED) is 0.789. The van der Waals surface area contributed by atoms with E-state index in [1.165, 1.54) is 18.5 Å². The number of carbonyl (C=O) groups is 1. The first kappa shape index (κ1) is 17.3. The van der Waals surface area contributed by atoms with Crippen LogP contribution in [0.15, 0.2) is 48.7 Å². The van der Waals surface area contributed by atoms with E-state index in [-0.39, 0.29) is 5.91 Å². The van der Waals surface area contributed by atoms with Gasteiger partial charge in [-0.2, -0.15) is 0 Å². The SMILES string of the molecule is CN(CCCNC(=O)c1cccnc1N1CCCC1)c1ccccc1. The first-order chi connectivity index (χ1) is 12.3. The Kier molecular flexibility index (Phi) is 5.88. The standard InChI is InChI=1S/C20H26N4O/c1-23(17-9-3-2-4-10-17)14-8-13-22-20(25)18-11-7-12-21-19(18)24-15-5-6-16-24/h2-4,7,9-12H,5-6,8,13-16H2,1H3,(H,22,25). The van der Waals surface area contributed by atoms with Gasteiger partial charge < -0.3 is 15.1 Å². The van der Waals surface area contributed by atoms with E-state index >= 15 is 0 Å². The molecule has 132 valence electrons. The summed E-state index contributed by atoms with van der Waals surface area (Å²) in [6, 6.07) is 14.0. The lowest BCUT2D eigenvalue weighted by atomic mass is 10.2. The zero-order valence-electron chi connectivity index (χ0n) is 14.8. The minimum Gasteiger partial charge on any atom is -0.375 e. The highest BCUT2D eigenvalue weighted by atomic mass is 16.1. The molecule has 1 fully saturated rings. The fourth-order valence-electron chi connectivity index (χ4n) is 3.18. The first-order valence-electron chi connectivity index (χ1n) is 9.00. The van der Waals surface area contributed by atoms with Crippen molar-refractivity contribution in [1.29, 1.82) is 0 Å². The molecule has 2 aromatic rings. The van der Waals surface area contributed by atoms with Crippen LogP contribution in [0.2, 0.25) is 0 Å². The van der Waals surface area contributed by atoms with Crippen LogP contribution in [0.25, 0.3) is 0 Å². The second kappa shape index (κ2) is 8.51. The molecule has 2 heterocycles. The summed E-state index contributed by atoms with van der Waals surface area (Å²) in [4.78, 5) is 21.4. The van der Waals surface area contributed by atoms with Crippen molar-refractivity contribution in [1.82, 2.24) is 10.3 Å². The lowest BCUT2D eigenvalue weighted by molar-refractivity contribution is 0.0953. The van der Waals surface area contributed by atoms with E-state index in [4.69, 9.17) is 0 Å². The largest absolute Gasteiger partial charge is 0.375 e. The van der Waals surface area contributed by atoms with Crippen molar-refractivity contribution >= 4 is 17.4 Å². The molecular weight excluding hydrogens is 312 g/mol. The van der Waals surface area contributed by atoms with Crippen LogP contribution in [-0.4, -0.2) is 44.1 Å². The van der Waals surface area contributed by atoms with Crippen molar-refractivity contribution in [3.8, 4) is 0 Å². The van der Waals surface area contributed by atoms with Gasteiger partial charge >= 0.3 is 0 Å². The zero-order valence-corrected chi connectivity index (χ0v) is 14.8. The maximum Gasteiger partial charge on any atom is 0.255 e. The predicted molar refractivity (Wildman–Crippen MR) is 102 cm³/mol. The van der Waals surface area contributed by atoms with Crippen molar-refractivity contribution in [2.24, 2.45) is 0 Å². The number of hydrogen-bond acceptors (Lipinski definition) is 4. The zero-order chi connectivity index (χ0) is 17.5. The minimum absolute atomic E-state index is 0.0302. The highest BCUT2D eigenvalue weighted by Gasteiger charge is 2.20. The Morgan fingerprint density at radius 2 is 1.92 bits per heavy atom. The number of nitrogens with one attached hydrogen (secondary N) is 1. The number of amides is 1. The van der Waals surface area contributed by atoms with Crippen LogP contribution in [0.4, 0.5) is 11.5 Å². The van der Waals surface area contributed by atoms with Gasteiger partial charge in [-0.3, -0.25) is 4.79 Å². The summed E-state index contributed by atoms with van der Waals surface area (Å²) in [6.45, 7) is 3.53. The van der Waals surface area contributed by atoms with Crippen molar-refractivity contribution in [3.05, 3.63) is 54.2 Å². The highest BCUT2D eigenvalue weighted by Crippen LogP contribution is 2.21. The summed E-state index contributed by atoms with van der Waals surface area (Å²) < 4.78 is 0. The van der Waals surface area contributed by atoms with Gasteiger partial charge in [-0.05, 0) is 43.5 Å². The fourth-order valence-corrected chi connectivity index (χ4v) is 3.18. The van der Waals surface area contributed by atoms with Gasteiger partial charge in [-0.1, -0.05) is 18.2 Å². The van der Waals surface area contributed by atoms with E-state index in [0.29, 0.717) is 12.1 Å². The third-order valence-electron chi connectivity index (χ3n) is 4.59. The lowest BCUT2D eigenvalue weighted by Gasteiger charge is -2.20. The molecular formula is C20H26N4O. The van der Waals surface area contributed by atoms with E-state index in [1.54, 1.807) is 6.20 Å². The number of para-hydroxylation sites is 1. The van der Waals surface area contributed by atoms with Crippen LogP contribution < -0.4 is 15.1 Å². The Balaban J connectivity index is 1.50. The number of benzene rings is 1. The van der Waals surface area contributed by atoms with Gasteiger partial charge in [0.2, 0.25) is 0 Å². The molecule has 25 heavy (non-hydrogen) atoms. The summed E-state index contributed by atoms with van der Waals surface area (Å²) in [7, 11) is 2.07. The van der Waals surface area contributed by atoms with Gasteiger partial charge in [0, 0.05) is 45.1 Å². The van der Waals surface area contributed by atoms with Gasteiger partial charge in [-0.25, -0.2) is 4.98 Å². The van der Waals surface area contributed by atoms with Gasteiger partial charge in [0.15, 0.2) is 0 Å². The van der Waals surface area contributed by atoms with Crippen LogP contribution in [0, 0.1) is 0 Å². The molecule has 0 saturated carbocycles. The first-order valence-corrected chi connectivity index (χ1v) is 9.00. The molecule has 0 aliphatic carbocycles. The summed E-state index contributed by atoms with van der Waals surface area (Å²) >= 11 is 0. The van der Waals surface area contributed by atoms with Crippen LogP contribution in [-0.2, 0) is 0 Å². The van der Waals surface area contributed by atoms with Gasteiger partial charge in [0.25, 0.3) is 5.91 Å². The molecule has 0 unspecified atom stereocenters. The molecule has 1 aliphatic heterocycles. The molecule has 1 amide bonds. The van der Waals surface area contributed by atoms with Crippen LogP contribution >= 0.6 is 0 Å². The molecule has 3 rings (SSSR count). The minimum atomic E-state index is -0.0302.